The van der Waals surface area contributed by atoms with E-state index in [-0.39, 0.29) is 23.9 Å². The van der Waals surface area contributed by atoms with Crippen molar-refractivity contribution in [2.75, 3.05) is 23.8 Å². The number of rotatable bonds is 8. The summed E-state index contributed by atoms with van der Waals surface area (Å²) < 4.78 is 0.622. The third kappa shape index (κ3) is 9.05. The number of imide groups is 1. The van der Waals surface area contributed by atoms with Gasteiger partial charge in [0.2, 0.25) is 11.8 Å². The fourth-order valence-corrected chi connectivity index (χ4v) is 2.85. The predicted molar refractivity (Wildman–Crippen MR) is 132 cm³/mol. The minimum Gasteiger partial charge on any atom is -0.394 e. The Hall–Kier alpha value is -3.68. The van der Waals surface area contributed by atoms with Crippen LogP contribution >= 0.6 is 28.3 Å². The minimum absolute atomic E-state index is 0. The standard InChI is InChI=1S/C20H22BrN7O5.ClH/c21-13-3-1-2-4-14(13)26-20(33)27-15(10-29)18(32)24-9-16(30)28-17(31)11-5-7-12(8-6-11)25-19(22)23;/h1-8,15,29H,9-10H2,(H,24,32)(H4,22,23,25)(H2,26,27,33)(H,28,30,31);1H/t15-;/m0./s1. The molecular weight excluding hydrogens is 534 g/mol. The van der Waals surface area contributed by atoms with E-state index in [1.165, 1.54) is 24.3 Å². The van der Waals surface area contributed by atoms with Crippen molar-refractivity contribution in [2.45, 2.75) is 6.04 Å². The average molecular weight is 557 g/mol. The summed E-state index contributed by atoms with van der Waals surface area (Å²) in [4.78, 5) is 48.4. The molecule has 2 aromatic rings. The van der Waals surface area contributed by atoms with E-state index < -0.39 is 42.9 Å². The van der Waals surface area contributed by atoms with Crippen molar-refractivity contribution in [1.82, 2.24) is 16.0 Å². The Morgan fingerprint density at radius 3 is 2.26 bits per heavy atom. The van der Waals surface area contributed by atoms with Crippen LogP contribution in [0.1, 0.15) is 10.4 Å². The van der Waals surface area contributed by atoms with Crippen molar-refractivity contribution >= 4 is 69.4 Å². The lowest BCUT2D eigenvalue weighted by Crippen LogP contribution is -2.52. The van der Waals surface area contributed by atoms with Gasteiger partial charge in [-0.3, -0.25) is 25.1 Å². The maximum absolute atomic E-state index is 12.2. The maximum atomic E-state index is 12.2. The monoisotopic (exact) mass is 555 g/mol. The van der Waals surface area contributed by atoms with Crippen molar-refractivity contribution < 1.29 is 24.3 Å². The first-order valence-corrected chi connectivity index (χ1v) is 10.2. The number of anilines is 2. The molecule has 34 heavy (non-hydrogen) atoms. The van der Waals surface area contributed by atoms with Gasteiger partial charge in [-0.25, -0.2) is 4.79 Å². The number of urea groups is 1. The Balaban J connectivity index is 0.00000578. The fraction of sp³-hybridized carbons (Fsp3) is 0.150. The summed E-state index contributed by atoms with van der Waals surface area (Å²) in [5.41, 5.74) is 6.33. The lowest BCUT2D eigenvalue weighted by Gasteiger charge is -2.17. The van der Waals surface area contributed by atoms with Crippen LogP contribution in [-0.2, 0) is 9.59 Å². The molecule has 0 aromatic heterocycles. The number of aliphatic hydroxyl groups is 1. The molecular formula is C20H23BrClN7O5. The molecule has 0 spiro atoms. The summed E-state index contributed by atoms with van der Waals surface area (Å²) in [6.45, 7) is -1.27. The van der Waals surface area contributed by atoms with Crippen LogP contribution < -0.4 is 32.3 Å². The summed E-state index contributed by atoms with van der Waals surface area (Å²) in [5.74, 6) is -2.58. The average Bonchev–Trinajstić information content (AvgIpc) is 2.77. The first-order chi connectivity index (χ1) is 15.7. The molecule has 0 bridgehead atoms. The Morgan fingerprint density at radius 2 is 1.68 bits per heavy atom. The molecule has 0 unspecified atom stereocenters. The van der Waals surface area contributed by atoms with Crippen LogP contribution in [0.3, 0.4) is 0 Å². The summed E-state index contributed by atoms with van der Waals surface area (Å²) in [5, 5.41) is 28.3. The van der Waals surface area contributed by atoms with Crippen molar-refractivity contribution in [3.63, 3.8) is 0 Å². The fourth-order valence-electron chi connectivity index (χ4n) is 2.47. The van der Waals surface area contributed by atoms with Crippen LogP contribution in [0.2, 0.25) is 0 Å². The van der Waals surface area contributed by atoms with Gasteiger partial charge in [-0.05, 0) is 52.3 Å². The molecule has 0 aliphatic heterocycles. The second-order valence-electron chi connectivity index (χ2n) is 6.52. The third-order valence-electron chi connectivity index (χ3n) is 4.03. The molecule has 14 heteroatoms. The lowest BCUT2D eigenvalue weighted by molar-refractivity contribution is -0.127. The molecule has 0 heterocycles. The molecule has 0 saturated carbocycles. The zero-order valence-corrected chi connectivity index (χ0v) is 20.0. The summed E-state index contributed by atoms with van der Waals surface area (Å²) in [7, 11) is 0. The number of amides is 5. The quantitative estimate of drug-likeness (QED) is 0.173. The number of guanidine groups is 1. The largest absolute Gasteiger partial charge is 0.394 e. The zero-order chi connectivity index (χ0) is 24.4. The number of hydrogen-bond donors (Lipinski definition) is 8. The van der Waals surface area contributed by atoms with Gasteiger partial charge in [0.15, 0.2) is 5.96 Å². The highest BCUT2D eigenvalue weighted by molar-refractivity contribution is 9.10. The Kier molecular flexibility index (Phi) is 11.5. The smallest absolute Gasteiger partial charge is 0.320 e. The highest BCUT2D eigenvalue weighted by Crippen LogP contribution is 2.20. The van der Waals surface area contributed by atoms with E-state index in [0.29, 0.717) is 15.8 Å². The van der Waals surface area contributed by atoms with Gasteiger partial charge in [0.25, 0.3) is 5.91 Å². The number of nitrogens with one attached hydrogen (secondary N) is 6. The third-order valence-corrected chi connectivity index (χ3v) is 4.72. The molecule has 0 aliphatic carbocycles. The number of aliphatic hydroxyl groups excluding tert-OH is 1. The van der Waals surface area contributed by atoms with Crippen molar-refractivity contribution in [3.05, 3.63) is 58.6 Å². The first-order valence-electron chi connectivity index (χ1n) is 9.45. The van der Waals surface area contributed by atoms with E-state index in [1.54, 1.807) is 24.3 Å². The highest BCUT2D eigenvalue weighted by Gasteiger charge is 2.21. The minimum atomic E-state index is -1.32. The first kappa shape index (κ1) is 28.4. The van der Waals surface area contributed by atoms with Gasteiger partial charge in [0.1, 0.15) is 6.04 Å². The van der Waals surface area contributed by atoms with Gasteiger partial charge >= 0.3 is 6.03 Å². The van der Waals surface area contributed by atoms with Crippen molar-refractivity contribution in [1.29, 1.82) is 5.41 Å². The molecule has 0 fully saturated rings. The van der Waals surface area contributed by atoms with Crippen LogP contribution in [0.25, 0.3) is 0 Å². The Morgan fingerprint density at radius 1 is 1.03 bits per heavy atom. The molecule has 5 amide bonds. The number of carbonyl (C=O) groups excluding carboxylic acids is 4. The molecule has 2 aromatic carbocycles. The van der Waals surface area contributed by atoms with Crippen molar-refractivity contribution in [3.8, 4) is 0 Å². The van der Waals surface area contributed by atoms with Crippen LogP contribution in [0.4, 0.5) is 16.2 Å². The topological polar surface area (TPSA) is 199 Å². The number of halogens is 2. The van der Waals surface area contributed by atoms with Gasteiger partial charge in [-0.1, -0.05) is 12.1 Å². The summed E-state index contributed by atoms with van der Waals surface area (Å²) in [6.07, 6.45) is 0. The van der Waals surface area contributed by atoms with Gasteiger partial charge < -0.3 is 32.1 Å². The van der Waals surface area contributed by atoms with Crippen LogP contribution in [-0.4, -0.2) is 54.0 Å². The number of carbonyl (C=O) groups is 4. The van der Waals surface area contributed by atoms with Gasteiger partial charge in [-0.15, -0.1) is 12.4 Å². The molecule has 0 radical (unpaired) electrons. The molecule has 182 valence electrons. The van der Waals surface area contributed by atoms with Crippen LogP contribution in [0.5, 0.6) is 0 Å². The van der Waals surface area contributed by atoms with Gasteiger partial charge in [0, 0.05) is 15.7 Å². The Bertz CT molecular complexity index is 1050. The van der Waals surface area contributed by atoms with E-state index in [0.717, 1.165) is 0 Å². The molecule has 12 nitrogen and oxygen atoms in total. The highest BCUT2D eigenvalue weighted by atomic mass is 79.9. The van der Waals surface area contributed by atoms with E-state index in [4.69, 9.17) is 11.1 Å². The number of nitrogens with two attached hydrogens (primary N) is 1. The normalized spacial score (nSPS) is 10.6. The number of hydrogen-bond acceptors (Lipinski definition) is 6. The maximum Gasteiger partial charge on any atom is 0.320 e. The molecule has 9 N–H and O–H groups in total. The van der Waals surface area contributed by atoms with E-state index in [1.807, 2.05) is 0 Å². The molecule has 0 saturated heterocycles. The lowest BCUT2D eigenvalue weighted by atomic mass is 10.2. The van der Waals surface area contributed by atoms with E-state index in [9.17, 15) is 24.3 Å². The van der Waals surface area contributed by atoms with Crippen LogP contribution in [0.15, 0.2) is 53.0 Å². The zero-order valence-electron chi connectivity index (χ0n) is 17.6. The number of benzene rings is 2. The van der Waals surface area contributed by atoms with Gasteiger partial charge in [-0.2, -0.15) is 0 Å². The molecule has 2 rings (SSSR count). The van der Waals surface area contributed by atoms with Crippen molar-refractivity contribution in [2.24, 2.45) is 5.73 Å². The second-order valence-corrected chi connectivity index (χ2v) is 7.38. The van der Waals surface area contributed by atoms with Gasteiger partial charge in [0.05, 0.1) is 18.8 Å². The predicted octanol–water partition coefficient (Wildman–Crippen LogP) is 0.731. The number of para-hydroxylation sites is 1. The van der Waals surface area contributed by atoms with Crippen LogP contribution in [0, 0.1) is 5.41 Å². The molecule has 0 aliphatic rings. The second kappa shape index (κ2) is 13.8. The van der Waals surface area contributed by atoms with E-state index >= 15 is 0 Å². The van der Waals surface area contributed by atoms with E-state index in [2.05, 4.69) is 42.5 Å². The molecule has 1 atom stereocenters. The Labute approximate surface area is 209 Å². The summed E-state index contributed by atoms with van der Waals surface area (Å²) in [6, 6.07) is 10.6. The SMILES string of the molecule is Cl.N=C(N)Nc1ccc(C(=O)NC(=O)CNC(=O)[C@H](CO)NC(=O)Nc2ccccc2Br)cc1. The summed E-state index contributed by atoms with van der Waals surface area (Å²) >= 11 is 3.27.